The van der Waals surface area contributed by atoms with E-state index in [9.17, 15) is 4.79 Å². The number of rotatable bonds is 8. The molecular formula is C25H22Cl2N2O2. The SMILES string of the molecule is O=c1c2ccccc2nc(-c2ccc(Cl)cc2)n1CCCCCOc1ccccc1Cl. The summed E-state index contributed by atoms with van der Waals surface area (Å²) in [6.45, 7) is 1.17. The van der Waals surface area contributed by atoms with E-state index in [0.717, 1.165) is 24.8 Å². The number of hydrogen-bond acceptors (Lipinski definition) is 3. The highest BCUT2D eigenvalue weighted by molar-refractivity contribution is 6.32. The third-order valence-electron chi connectivity index (χ3n) is 5.08. The summed E-state index contributed by atoms with van der Waals surface area (Å²) in [4.78, 5) is 18.0. The van der Waals surface area contributed by atoms with Crippen molar-refractivity contribution in [1.82, 2.24) is 9.55 Å². The van der Waals surface area contributed by atoms with Gasteiger partial charge in [0, 0.05) is 17.1 Å². The van der Waals surface area contributed by atoms with Gasteiger partial charge in [0.1, 0.15) is 11.6 Å². The molecule has 31 heavy (non-hydrogen) atoms. The average Bonchev–Trinajstić information content (AvgIpc) is 2.79. The first-order valence-electron chi connectivity index (χ1n) is 10.3. The summed E-state index contributed by atoms with van der Waals surface area (Å²) < 4.78 is 7.51. The molecule has 0 saturated heterocycles. The van der Waals surface area contributed by atoms with Crippen molar-refractivity contribution in [1.29, 1.82) is 0 Å². The second-order valence-electron chi connectivity index (χ2n) is 7.26. The number of aromatic nitrogens is 2. The van der Waals surface area contributed by atoms with Crippen LogP contribution in [0.4, 0.5) is 0 Å². The van der Waals surface area contributed by atoms with Crippen LogP contribution in [-0.2, 0) is 6.54 Å². The molecule has 6 heteroatoms. The normalized spacial score (nSPS) is 11.0. The molecule has 0 N–H and O–H groups in total. The number of nitrogens with zero attached hydrogens (tertiary/aromatic N) is 2. The molecular weight excluding hydrogens is 431 g/mol. The average molecular weight is 453 g/mol. The molecule has 4 rings (SSSR count). The van der Waals surface area contributed by atoms with Crippen LogP contribution < -0.4 is 10.3 Å². The number of fused-ring (bicyclic) bond motifs is 1. The molecule has 0 atom stereocenters. The molecule has 158 valence electrons. The molecule has 0 aliphatic rings. The van der Waals surface area contributed by atoms with E-state index < -0.39 is 0 Å². The second kappa shape index (κ2) is 9.99. The summed E-state index contributed by atoms with van der Waals surface area (Å²) >= 11 is 12.2. The number of unbranched alkanes of at least 4 members (excludes halogenated alkanes) is 2. The lowest BCUT2D eigenvalue weighted by atomic mass is 10.1. The van der Waals surface area contributed by atoms with Crippen LogP contribution in [0.2, 0.25) is 10.0 Å². The van der Waals surface area contributed by atoms with Crippen LogP contribution in [0, 0.1) is 0 Å². The highest BCUT2D eigenvalue weighted by Crippen LogP contribution is 2.24. The van der Waals surface area contributed by atoms with Crippen molar-refractivity contribution in [3.63, 3.8) is 0 Å². The molecule has 0 fully saturated rings. The summed E-state index contributed by atoms with van der Waals surface area (Å²) in [5.74, 6) is 1.36. The van der Waals surface area contributed by atoms with E-state index in [4.69, 9.17) is 32.9 Å². The van der Waals surface area contributed by atoms with Gasteiger partial charge < -0.3 is 4.74 Å². The van der Waals surface area contributed by atoms with Crippen molar-refractivity contribution in [2.24, 2.45) is 0 Å². The van der Waals surface area contributed by atoms with Crippen LogP contribution in [0.15, 0.2) is 77.6 Å². The molecule has 4 aromatic rings. The van der Waals surface area contributed by atoms with E-state index in [2.05, 4.69) is 0 Å². The fraction of sp³-hybridized carbons (Fsp3) is 0.200. The molecule has 4 nitrogen and oxygen atoms in total. The number of halogens is 2. The monoisotopic (exact) mass is 452 g/mol. The van der Waals surface area contributed by atoms with Crippen LogP contribution in [0.5, 0.6) is 5.75 Å². The highest BCUT2D eigenvalue weighted by Gasteiger charge is 2.12. The largest absolute Gasteiger partial charge is 0.492 e. The first kappa shape index (κ1) is 21.4. The van der Waals surface area contributed by atoms with Crippen LogP contribution in [0.3, 0.4) is 0 Å². The molecule has 3 aromatic carbocycles. The Hall–Kier alpha value is -2.82. The van der Waals surface area contributed by atoms with Gasteiger partial charge in [-0.25, -0.2) is 4.98 Å². The van der Waals surface area contributed by atoms with E-state index in [-0.39, 0.29) is 5.56 Å². The third-order valence-corrected chi connectivity index (χ3v) is 5.65. The van der Waals surface area contributed by atoms with Crippen molar-refractivity contribution >= 4 is 34.1 Å². The zero-order chi connectivity index (χ0) is 21.6. The maximum atomic E-state index is 13.2. The molecule has 0 spiro atoms. The van der Waals surface area contributed by atoms with Crippen molar-refractivity contribution in [3.05, 3.63) is 93.2 Å². The highest BCUT2D eigenvalue weighted by atomic mass is 35.5. The Balaban J connectivity index is 1.48. The van der Waals surface area contributed by atoms with Crippen LogP contribution >= 0.6 is 23.2 Å². The van der Waals surface area contributed by atoms with Crippen molar-refractivity contribution in [2.45, 2.75) is 25.8 Å². The number of ether oxygens (including phenoxy) is 1. The van der Waals surface area contributed by atoms with E-state index in [1.54, 1.807) is 4.57 Å². The molecule has 0 amide bonds. The minimum Gasteiger partial charge on any atom is -0.492 e. The standard InChI is InChI=1S/C25H22Cl2N2O2/c26-19-14-12-18(13-15-19)24-28-22-10-4-2-8-20(22)25(30)29(24)16-6-1-7-17-31-23-11-5-3-9-21(23)27/h2-5,8-15H,1,6-7,16-17H2. The Morgan fingerprint density at radius 3 is 2.39 bits per heavy atom. The Morgan fingerprint density at radius 2 is 1.58 bits per heavy atom. The van der Waals surface area contributed by atoms with Gasteiger partial charge in [-0.15, -0.1) is 0 Å². The fourth-order valence-electron chi connectivity index (χ4n) is 3.49. The summed E-state index contributed by atoms with van der Waals surface area (Å²) in [6.07, 6.45) is 2.63. The van der Waals surface area contributed by atoms with Crippen LogP contribution in [0.25, 0.3) is 22.3 Å². The quantitative estimate of drug-likeness (QED) is 0.282. The van der Waals surface area contributed by atoms with E-state index >= 15 is 0 Å². The maximum Gasteiger partial charge on any atom is 0.261 e. The van der Waals surface area contributed by atoms with Gasteiger partial charge in [-0.3, -0.25) is 9.36 Å². The second-order valence-corrected chi connectivity index (χ2v) is 8.10. The first-order chi connectivity index (χ1) is 15.1. The van der Waals surface area contributed by atoms with Crippen molar-refractivity contribution < 1.29 is 4.74 Å². The maximum absolute atomic E-state index is 13.2. The lowest BCUT2D eigenvalue weighted by Gasteiger charge is -2.14. The summed E-state index contributed by atoms with van der Waals surface area (Å²) in [5.41, 5.74) is 1.54. The van der Waals surface area contributed by atoms with Gasteiger partial charge >= 0.3 is 0 Å². The zero-order valence-electron chi connectivity index (χ0n) is 16.9. The Bertz CT molecular complexity index is 1240. The Labute approximate surface area is 191 Å². The molecule has 1 heterocycles. The molecule has 0 radical (unpaired) electrons. The fourth-order valence-corrected chi connectivity index (χ4v) is 3.80. The predicted octanol–water partition coefficient (Wildman–Crippen LogP) is 6.62. The van der Waals surface area contributed by atoms with Gasteiger partial charge in [-0.05, 0) is 67.8 Å². The molecule has 0 bridgehead atoms. The minimum atomic E-state index is -0.0251. The minimum absolute atomic E-state index is 0.0251. The topological polar surface area (TPSA) is 44.1 Å². The molecule has 0 unspecified atom stereocenters. The lowest BCUT2D eigenvalue weighted by Crippen LogP contribution is -2.23. The number of benzene rings is 3. The van der Waals surface area contributed by atoms with Crippen molar-refractivity contribution in [3.8, 4) is 17.1 Å². The zero-order valence-corrected chi connectivity index (χ0v) is 18.4. The smallest absolute Gasteiger partial charge is 0.261 e. The van der Waals surface area contributed by atoms with Crippen LogP contribution in [0.1, 0.15) is 19.3 Å². The Kier molecular flexibility index (Phi) is 6.90. The lowest BCUT2D eigenvalue weighted by molar-refractivity contribution is 0.304. The van der Waals surface area contributed by atoms with Gasteiger partial charge in [0.15, 0.2) is 0 Å². The van der Waals surface area contributed by atoms with Gasteiger partial charge in [0.25, 0.3) is 5.56 Å². The number of hydrogen-bond donors (Lipinski definition) is 0. The van der Waals surface area contributed by atoms with E-state index in [1.807, 2.05) is 72.8 Å². The van der Waals surface area contributed by atoms with Gasteiger partial charge in [0.2, 0.25) is 0 Å². The molecule has 0 aliphatic heterocycles. The molecule has 0 saturated carbocycles. The van der Waals surface area contributed by atoms with E-state index in [0.29, 0.717) is 45.7 Å². The van der Waals surface area contributed by atoms with E-state index in [1.165, 1.54) is 0 Å². The molecule has 0 aliphatic carbocycles. The third kappa shape index (κ3) is 5.09. The van der Waals surface area contributed by atoms with Gasteiger partial charge in [-0.1, -0.05) is 47.5 Å². The molecule has 1 aromatic heterocycles. The van der Waals surface area contributed by atoms with Gasteiger partial charge in [0.05, 0.1) is 22.5 Å². The number of para-hydroxylation sites is 2. The summed E-state index contributed by atoms with van der Waals surface area (Å²) in [7, 11) is 0. The van der Waals surface area contributed by atoms with Crippen molar-refractivity contribution in [2.75, 3.05) is 6.61 Å². The predicted molar refractivity (Wildman–Crippen MR) is 127 cm³/mol. The summed E-state index contributed by atoms with van der Waals surface area (Å²) in [5, 5.41) is 1.89. The van der Waals surface area contributed by atoms with Gasteiger partial charge in [-0.2, -0.15) is 0 Å². The van der Waals surface area contributed by atoms with Crippen LogP contribution in [-0.4, -0.2) is 16.2 Å². The first-order valence-corrected chi connectivity index (χ1v) is 11.0. The Morgan fingerprint density at radius 1 is 0.839 bits per heavy atom. The summed E-state index contributed by atoms with van der Waals surface area (Å²) in [6, 6.07) is 22.3.